The first-order valence-electron chi connectivity index (χ1n) is 7.38. The van der Waals surface area contributed by atoms with Crippen LogP contribution in [0.1, 0.15) is 59.3 Å². The Morgan fingerprint density at radius 2 is 1.90 bits per heavy atom. The van der Waals surface area contributed by atoms with E-state index in [1.165, 1.54) is 32.6 Å². The maximum absolute atomic E-state index is 11.2. The normalized spacial score (nSPS) is 19.6. The third kappa shape index (κ3) is 6.73. The predicted molar refractivity (Wildman–Crippen MR) is 78.9 cm³/mol. The predicted octanol–water partition coefficient (Wildman–Crippen LogP) is 2.96. The third-order valence-corrected chi connectivity index (χ3v) is 3.97. The first-order valence-corrected chi connectivity index (χ1v) is 7.38. The number of hydrogen-bond donors (Lipinski definition) is 1. The number of esters is 1. The van der Waals surface area contributed by atoms with E-state index in [0.717, 1.165) is 12.1 Å². The molecule has 1 fully saturated rings. The average molecular weight is 281 g/mol. The number of carbonyl (C=O) groups is 2. The van der Waals surface area contributed by atoms with E-state index in [1.807, 2.05) is 0 Å². The first-order chi connectivity index (χ1) is 9.28. The summed E-state index contributed by atoms with van der Waals surface area (Å²) in [5.41, 5.74) is 7.21. The van der Waals surface area contributed by atoms with Gasteiger partial charge in [0.05, 0.1) is 0 Å². The molecule has 0 aromatic rings. The summed E-state index contributed by atoms with van der Waals surface area (Å²) in [6.07, 6.45) is 7.39. The van der Waals surface area contributed by atoms with Gasteiger partial charge in [-0.15, -0.1) is 0 Å². The van der Waals surface area contributed by atoms with Gasteiger partial charge >= 0.3 is 5.97 Å². The Morgan fingerprint density at radius 3 is 2.45 bits per heavy atom. The zero-order chi connectivity index (χ0) is 15.2. The van der Waals surface area contributed by atoms with Crippen LogP contribution in [0.4, 0.5) is 0 Å². The zero-order valence-corrected chi connectivity index (χ0v) is 12.9. The summed E-state index contributed by atoms with van der Waals surface area (Å²) >= 11 is 0. The highest BCUT2D eigenvalue weighted by atomic mass is 16.5. The summed E-state index contributed by atoms with van der Waals surface area (Å²) in [5, 5.41) is 0. The van der Waals surface area contributed by atoms with Gasteiger partial charge in [-0.1, -0.05) is 13.8 Å². The number of ether oxygens (including phenoxy) is 1. The van der Waals surface area contributed by atoms with Crippen molar-refractivity contribution in [1.29, 1.82) is 0 Å². The molecule has 0 atom stereocenters. The fourth-order valence-electron chi connectivity index (χ4n) is 2.58. The molecule has 4 heteroatoms. The molecule has 1 rings (SSSR count). The van der Waals surface area contributed by atoms with Gasteiger partial charge in [0.15, 0.2) is 0 Å². The smallest absolute Gasteiger partial charge is 0.313 e. The highest BCUT2D eigenvalue weighted by Gasteiger charge is 2.26. The van der Waals surface area contributed by atoms with Gasteiger partial charge < -0.3 is 10.5 Å². The molecule has 1 aliphatic rings. The Hall–Kier alpha value is -1.32. The zero-order valence-electron chi connectivity index (χ0n) is 12.9. The highest BCUT2D eigenvalue weighted by molar-refractivity contribution is 5.94. The Morgan fingerprint density at radius 1 is 1.30 bits per heavy atom. The highest BCUT2D eigenvalue weighted by Crippen LogP contribution is 2.39. The number of nitrogens with two attached hydrogens (primary N) is 1. The summed E-state index contributed by atoms with van der Waals surface area (Å²) < 4.78 is 4.93. The molecule has 0 radical (unpaired) electrons. The van der Waals surface area contributed by atoms with Crippen molar-refractivity contribution in [3.63, 3.8) is 0 Å². The molecule has 0 bridgehead atoms. The minimum Gasteiger partial charge on any atom is -0.461 e. The molecule has 4 nitrogen and oxygen atoms in total. The number of allylic oxidation sites excluding steroid dienone is 1. The van der Waals surface area contributed by atoms with Crippen molar-refractivity contribution in [3.05, 3.63) is 11.8 Å². The lowest BCUT2D eigenvalue weighted by molar-refractivity contribution is -0.144. The van der Waals surface area contributed by atoms with Gasteiger partial charge in [-0.2, -0.15) is 0 Å². The van der Waals surface area contributed by atoms with Crippen molar-refractivity contribution in [2.75, 3.05) is 6.61 Å². The molecule has 0 heterocycles. The molecular weight excluding hydrogens is 254 g/mol. The van der Waals surface area contributed by atoms with E-state index in [1.54, 1.807) is 6.08 Å². The molecule has 0 unspecified atom stereocenters. The maximum Gasteiger partial charge on any atom is 0.313 e. The van der Waals surface area contributed by atoms with Gasteiger partial charge in [0.1, 0.15) is 18.8 Å². The lowest BCUT2D eigenvalue weighted by Crippen LogP contribution is -2.22. The number of Topliss-reactive ketones (excluding diaryl/α,β-unsaturated/α-hetero) is 1. The largest absolute Gasteiger partial charge is 0.461 e. The van der Waals surface area contributed by atoms with E-state index >= 15 is 0 Å². The molecule has 0 saturated heterocycles. The van der Waals surface area contributed by atoms with Gasteiger partial charge in [0.25, 0.3) is 0 Å². The van der Waals surface area contributed by atoms with Crippen molar-refractivity contribution in [2.45, 2.75) is 59.3 Å². The molecule has 0 spiro atoms. The molecule has 1 saturated carbocycles. The van der Waals surface area contributed by atoms with Crippen LogP contribution in [0.3, 0.4) is 0 Å². The lowest BCUT2D eigenvalue weighted by Gasteiger charge is -2.34. The molecule has 0 aromatic carbocycles. The SMILES string of the molecule is CC(=O)CC(=O)OCC=C(N)CC1CCC(C)(C)CC1. The van der Waals surface area contributed by atoms with Crippen LogP contribution in [0.25, 0.3) is 0 Å². The number of rotatable bonds is 6. The molecule has 20 heavy (non-hydrogen) atoms. The number of carbonyl (C=O) groups excluding carboxylic acids is 2. The van der Waals surface area contributed by atoms with E-state index in [2.05, 4.69) is 13.8 Å². The quantitative estimate of drug-likeness (QED) is 0.600. The standard InChI is InChI=1S/C16H27NO3/c1-12(18)10-15(19)20-9-6-14(17)11-13-4-7-16(2,3)8-5-13/h6,13H,4-5,7-11,17H2,1-3H3. The van der Waals surface area contributed by atoms with Crippen LogP contribution in [0, 0.1) is 11.3 Å². The minimum atomic E-state index is -0.485. The molecule has 0 aromatic heterocycles. The van der Waals surface area contributed by atoms with E-state index in [0.29, 0.717) is 11.3 Å². The Kier molecular flexibility index (Phi) is 6.24. The van der Waals surface area contributed by atoms with Gasteiger partial charge in [0, 0.05) is 5.70 Å². The second-order valence-corrected chi connectivity index (χ2v) is 6.65. The molecule has 0 amide bonds. The van der Waals surface area contributed by atoms with Gasteiger partial charge in [0.2, 0.25) is 0 Å². The minimum absolute atomic E-state index is 0.161. The molecular formula is C16H27NO3. The van der Waals surface area contributed by atoms with E-state index in [4.69, 9.17) is 10.5 Å². The summed E-state index contributed by atoms with van der Waals surface area (Å²) in [6.45, 7) is 6.17. The Balaban J connectivity index is 2.25. The van der Waals surface area contributed by atoms with Crippen LogP contribution in [-0.2, 0) is 14.3 Å². The summed E-state index contributed by atoms with van der Waals surface area (Å²) in [4.78, 5) is 21.9. The van der Waals surface area contributed by atoms with Crippen molar-refractivity contribution >= 4 is 11.8 Å². The van der Waals surface area contributed by atoms with Gasteiger partial charge in [-0.05, 0) is 56.4 Å². The van der Waals surface area contributed by atoms with Crippen LogP contribution in [-0.4, -0.2) is 18.4 Å². The second kappa shape index (κ2) is 7.46. The number of ketones is 1. The Labute approximate surface area is 121 Å². The topological polar surface area (TPSA) is 69.4 Å². The van der Waals surface area contributed by atoms with Crippen molar-refractivity contribution in [2.24, 2.45) is 17.1 Å². The van der Waals surface area contributed by atoms with Crippen molar-refractivity contribution < 1.29 is 14.3 Å². The van der Waals surface area contributed by atoms with Crippen LogP contribution in [0.2, 0.25) is 0 Å². The molecule has 1 aliphatic carbocycles. The van der Waals surface area contributed by atoms with Crippen molar-refractivity contribution in [1.82, 2.24) is 0 Å². The average Bonchev–Trinajstić information content (AvgIpc) is 2.31. The molecule has 2 N–H and O–H groups in total. The first kappa shape index (κ1) is 16.7. The molecule has 114 valence electrons. The fraction of sp³-hybridized carbons (Fsp3) is 0.750. The van der Waals surface area contributed by atoms with Crippen LogP contribution in [0.15, 0.2) is 11.8 Å². The maximum atomic E-state index is 11.2. The summed E-state index contributed by atoms with van der Waals surface area (Å²) in [7, 11) is 0. The second-order valence-electron chi connectivity index (χ2n) is 6.65. The number of hydrogen-bond acceptors (Lipinski definition) is 4. The van der Waals surface area contributed by atoms with E-state index in [-0.39, 0.29) is 18.8 Å². The third-order valence-electron chi connectivity index (χ3n) is 3.97. The summed E-state index contributed by atoms with van der Waals surface area (Å²) in [5.74, 6) is -0.0232. The van der Waals surface area contributed by atoms with Crippen LogP contribution in [0.5, 0.6) is 0 Å². The lowest BCUT2D eigenvalue weighted by atomic mass is 9.72. The van der Waals surface area contributed by atoms with Crippen LogP contribution < -0.4 is 5.73 Å². The van der Waals surface area contributed by atoms with E-state index < -0.39 is 5.97 Å². The van der Waals surface area contributed by atoms with Gasteiger partial charge in [-0.3, -0.25) is 9.59 Å². The Bertz CT molecular complexity index is 375. The summed E-state index contributed by atoms with van der Waals surface area (Å²) in [6, 6.07) is 0. The van der Waals surface area contributed by atoms with Crippen LogP contribution >= 0.6 is 0 Å². The monoisotopic (exact) mass is 281 g/mol. The van der Waals surface area contributed by atoms with Crippen molar-refractivity contribution in [3.8, 4) is 0 Å². The fourth-order valence-corrected chi connectivity index (χ4v) is 2.58. The van der Waals surface area contributed by atoms with E-state index in [9.17, 15) is 9.59 Å². The van der Waals surface area contributed by atoms with Gasteiger partial charge in [-0.25, -0.2) is 0 Å². The molecule has 0 aliphatic heterocycles.